The summed E-state index contributed by atoms with van der Waals surface area (Å²) < 4.78 is 0. The molecule has 0 saturated carbocycles. The first-order valence-electron chi connectivity index (χ1n) is 2.48. The third-order valence-corrected chi connectivity index (χ3v) is 0.824. The molecule has 0 radical (unpaired) electrons. The molecule has 0 spiro atoms. The van der Waals surface area contributed by atoms with Crippen molar-refractivity contribution < 1.29 is 21.4 Å². The Hall–Kier alpha value is 0.316. The zero-order valence-corrected chi connectivity index (χ0v) is 9.56. The van der Waals surface area contributed by atoms with Crippen molar-refractivity contribution in [3.05, 3.63) is 0 Å². The molecule has 0 amide bonds. The van der Waals surface area contributed by atoms with Gasteiger partial charge in [-0.2, -0.15) is 0 Å². The van der Waals surface area contributed by atoms with Crippen LogP contribution in [0.1, 0.15) is 13.8 Å². The molecule has 0 aliphatic heterocycles. The van der Waals surface area contributed by atoms with Gasteiger partial charge in [-0.25, -0.2) is 0 Å². The van der Waals surface area contributed by atoms with Gasteiger partial charge in [-0.15, -0.1) is 0 Å². The summed E-state index contributed by atoms with van der Waals surface area (Å²) in [5.41, 5.74) is 0.625. The van der Waals surface area contributed by atoms with Gasteiger partial charge in [0.05, 0.1) is 0 Å². The van der Waals surface area contributed by atoms with E-state index < -0.39 is 10.9 Å². The quantitative estimate of drug-likeness (QED) is 0.441. The molecule has 0 heterocycles. The molecule has 4 nitrogen and oxygen atoms in total. The van der Waals surface area contributed by atoms with E-state index in [9.17, 15) is 0 Å². The van der Waals surface area contributed by atoms with Crippen LogP contribution in [0.25, 0.3) is 0 Å². The number of hydrogen-bond acceptors (Lipinski definition) is 4. The second kappa shape index (κ2) is 9.40. The van der Waals surface area contributed by atoms with Crippen LogP contribution in [0.2, 0.25) is 0 Å². The van der Waals surface area contributed by atoms with Crippen molar-refractivity contribution in [2.24, 2.45) is 10.3 Å². The molecule has 0 aromatic carbocycles. The topological polar surface area (TPSA) is 65.2 Å². The van der Waals surface area contributed by atoms with E-state index in [0.717, 1.165) is 0 Å². The van der Waals surface area contributed by atoms with Gasteiger partial charge in [-0.3, -0.25) is 0 Å². The summed E-state index contributed by atoms with van der Waals surface area (Å²) in [6.45, 7) is 3.07. The number of hydrogen-bond donors (Lipinski definition) is 2. The first kappa shape index (κ1) is 14.8. The van der Waals surface area contributed by atoms with Gasteiger partial charge in [-0.1, -0.05) is 10.3 Å². The minimum absolute atomic E-state index is 0.313. The summed E-state index contributed by atoms with van der Waals surface area (Å²) in [6.07, 6.45) is 0. The Labute approximate surface area is 87.3 Å². The maximum absolute atomic E-state index is 8.03. The van der Waals surface area contributed by atoms with Gasteiger partial charge in [0.25, 0.3) is 0 Å². The molecule has 0 aliphatic carbocycles. The van der Waals surface area contributed by atoms with E-state index in [1.807, 2.05) is 0 Å². The Bertz CT molecular complexity index is 155. The predicted molar refractivity (Wildman–Crippen MR) is 47.4 cm³/mol. The average Bonchev–Trinajstić information content (AvgIpc) is 2.00. The van der Waals surface area contributed by atoms with E-state index in [1.54, 1.807) is 0 Å². The molecule has 0 unspecified atom stereocenters. The standard InChI is InChI=1S/C4H8N2O2.3ClH.Co/c1-3(5-7)4(2)6-8;;;;/h7-8H,1-2H3;3*1H;/q;;;;+3/p-3/b5-3+,6-4+;;;;. The van der Waals surface area contributed by atoms with Crippen molar-refractivity contribution in [1.82, 2.24) is 0 Å². The fourth-order valence-electron chi connectivity index (χ4n) is 0.145. The summed E-state index contributed by atoms with van der Waals surface area (Å²) in [5.74, 6) is 0. The van der Waals surface area contributed by atoms with Gasteiger partial charge in [0.1, 0.15) is 11.4 Å². The molecule has 0 aromatic heterocycles. The van der Waals surface area contributed by atoms with Gasteiger partial charge < -0.3 is 10.4 Å². The van der Waals surface area contributed by atoms with Crippen molar-refractivity contribution in [3.8, 4) is 0 Å². The van der Waals surface area contributed by atoms with Crippen LogP contribution in [0.15, 0.2) is 10.3 Å². The van der Waals surface area contributed by atoms with Crippen LogP contribution in [0.4, 0.5) is 0 Å². The molecular formula is C4H8Cl3CoN2O2. The maximum atomic E-state index is 8.03. The van der Waals surface area contributed by atoms with E-state index in [-0.39, 0.29) is 0 Å². The van der Waals surface area contributed by atoms with Gasteiger partial charge in [0.15, 0.2) is 0 Å². The third-order valence-electron chi connectivity index (χ3n) is 0.824. The Morgan fingerprint density at radius 1 is 1.00 bits per heavy atom. The number of oxime groups is 2. The van der Waals surface area contributed by atoms with Crippen molar-refractivity contribution in [2.45, 2.75) is 13.8 Å². The van der Waals surface area contributed by atoms with Crippen LogP contribution in [-0.2, 0) is 10.9 Å². The molecule has 0 aliphatic rings. The van der Waals surface area contributed by atoms with E-state index in [0.29, 0.717) is 11.4 Å². The number of halogens is 3. The molecule has 0 saturated heterocycles. The van der Waals surface area contributed by atoms with Crippen molar-refractivity contribution >= 4 is 41.9 Å². The summed E-state index contributed by atoms with van der Waals surface area (Å²) in [5, 5.41) is 21.6. The molecular weight excluding hydrogens is 273 g/mol. The van der Waals surface area contributed by atoms with E-state index in [4.69, 9.17) is 40.9 Å². The normalized spacial score (nSPS) is 13.2. The average molecular weight is 281 g/mol. The van der Waals surface area contributed by atoms with Crippen LogP contribution in [0.3, 0.4) is 0 Å². The Balaban J connectivity index is 0. The van der Waals surface area contributed by atoms with E-state index in [2.05, 4.69) is 10.3 Å². The van der Waals surface area contributed by atoms with Gasteiger partial charge in [0, 0.05) is 0 Å². The fourth-order valence-corrected chi connectivity index (χ4v) is 0.145. The summed E-state index contributed by atoms with van der Waals surface area (Å²) in [7, 11) is 13.4. The second-order valence-corrected chi connectivity index (χ2v) is 6.67. The third kappa shape index (κ3) is 12.9. The van der Waals surface area contributed by atoms with Crippen molar-refractivity contribution in [1.29, 1.82) is 0 Å². The van der Waals surface area contributed by atoms with Gasteiger partial charge in [0.2, 0.25) is 0 Å². The molecule has 0 aromatic rings. The zero-order valence-electron chi connectivity index (χ0n) is 6.26. The van der Waals surface area contributed by atoms with Crippen LogP contribution in [0, 0.1) is 0 Å². The molecule has 0 atom stereocenters. The van der Waals surface area contributed by atoms with Gasteiger partial charge >= 0.3 is 41.4 Å². The molecule has 2 N–H and O–H groups in total. The molecule has 0 fully saturated rings. The van der Waals surface area contributed by atoms with Gasteiger partial charge in [-0.05, 0) is 13.8 Å². The summed E-state index contributed by atoms with van der Waals surface area (Å²) in [6, 6.07) is 0. The minimum atomic E-state index is -1.19. The fraction of sp³-hybridized carbons (Fsp3) is 0.500. The number of nitrogens with zero attached hydrogens (tertiary/aromatic N) is 2. The van der Waals surface area contributed by atoms with Crippen molar-refractivity contribution in [3.63, 3.8) is 0 Å². The second-order valence-electron chi connectivity index (χ2n) is 1.51. The monoisotopic (exact) mass is 280 g/mol. The summed E-state index contributed by atoms with van der Waals surface area (Å²) >= 11 is 0. The molecule has 0 bridgehead atoms. The Kier molecular flexibility index (Phi) is 11.6. The molecule has 12 heavy (non-hydrogen) atoms. The molecule has 8 heteroatoms. The predicted octanol–water partition coefficient (Wildman–Crippen LogP) is 2.75. The zero-order chi connectivity index (χ0) is 10.1. The number of rotatable bonds is 1. The van der Waals surface area contributed by atoms with Crippen LogP contribution < -0.4 is 0 Å². The SMILES string of the molecule is CC(=N\O)/C(C)=N/O.[Cl][Co]([Cl])[Cl]. The van der Waals surface area contributed by atoms with Crippen LogP contribution in [0.5, 0.6) is 0 Å². The summed E-state index contributed by atoms with van der Waals surface area (Å²) in [4.78, 5) is 0. The van der Waals surface area contributed by atoms with Crippen LogP contribution in [-0.4, -0.2) is 21.8 Å². The van der Waals surface area contributed by atoms with Crippen molar-refractivity contribution in [2.75, 3.05) is 0 Å². The Morgan fingerprint density at radius 3 is 1.25 bits per heavy atom. The van der Waals surface area contributed by atoms with E-state index in [1.165, 1.54) is 13.8 Å². The molecule has 76 valence electrons. The first-order chi connectivity index (χ1) is 5.45. The van der Waals surface area contributed by atoms with Crippen LogP contribution >= 0.6 is 30.4 Å². The Morgan fingerprint density at radius 2 is 1.17 bits per heavy atom. The molecule has 0 rings (SSSR count). The first-order valence-corrected chi connectivity index (χ1v) is 6.77. The van der Waals surface area contributed by atoms with E-state index >= 15 is 0 Å².